The number of carboxylic acids is 1. The number of amides is 1. The number of thiocarbonyl (C=S) groups is 1. The highest BCUT2D eigenvalue weighted by Crippen LogP contribution is 2.38. The van der Waals surface area contributed by atoms with Crippen molar-refractivity contribution in [3.8, 4) is 11.5 Å². The number of hydrogen-bond acceptors (Lipinski definition) is 6. The van der Waals surface area contributed by atoms with Crippen molar-refractivity contribution in [1.82, 2.24) is 4.90 Å². The SMILES string of the molecule is CC[C@@H](C)[C@H](C(=O)O)N1C(=O)/C(=C/c2ccc3c(c2)OCO3)SC1=S. The quantitative estimate of drug-likeness (QED) is 0.622. The Morgan fingerprint density at radius 1 is 1.44 bits per heavy atom. The van der Waals surface area contributed by atoms with Crippen molar-refractivity contribution in [2.75, 3.05) is 6.79 Å². The van der Waals surface area contributed by atoms with E-state index in [0.29, 0.717) is 22.8 Å². The van der Waals surface area contributed by atoms with Gasteiger partial charge in [0.15, 0.2) is 11.5 Å². The molecule has 2 heterocycles. The second-order valence-corrected chi connectivity index (χ2v) is 7.51. The van der Waals surface area contributed by atoms with E-state index in [-0.39, 0.29) is 22.9 Å². The lowest BCUT2D eigenvalue weighted by Gasteiger charge is -2.27. The minimum Gasteiger partial charge on any atom is -0.480 e. The smallest absolute Gasteiger partial charge is 0.327 e. The summed E-state index contributed by atoms with van der Waals surface area (Å²) in [5, 5.41) is 9.54. The molecule has 0 unspecified atom stereocenters. The van der Waals surface area contributed by atoms with Gasteiger partial charge in [-0.1, -0.05) is 50.3 Å². The molecular weight excluding hydrogens is 362 g/mol. The Labute approximate surface area is 154 Å². The Morgan fingerprint density at radius 3 is 2.84 bits per heavy atom. The topological polar surface area (TPSA) is 76.1 Å². The number of fused-ring (bicyclic) bond motifs is 1. The average Bonchev–Trinajstić information content (AvgIpc) is 3.14. The molecule has 2 aliphatic rings. The van der Waals surface area contributed by atoms with Crippen molar-refractivity contribution in [2.24, 2.45) is 5.92 Å². The largest absolute Gasteiger partial charge is 0.480 e. The molecule has 1 amide bonds. The molecule has 0 spiro atoms. The van der Waals surface area contributed by atoms with Gasteiger partial charge in [-0.15, -0.1) is 0 Å². The standard InChI is InChI=1S/C17H17NO5S2/c1-3-9(2)14(16(20)21)18-15(19)13(25-17(18)24)7-10-4-5-11-12(6-10)23-8-22-11/h4-7,9,14H,3,8H2,1-2H3,(H,20,21)/b13-7-/t9-,14-/m1/s1. The maximum atomic E-state index is 12.8. The number of thioether (sulfide) groups is 1. The first-order valence-electron chi connectivity index (χ1n) is 7.82. The number of carboxylic acid groups (broad SMARTS) is 1. The molecular formula is C17H17NO5S2. The summed E-state index contributed by atoms with van der Waals surface area (Å²) in [4.78, 5) is 26.0. The van der Waals surface area contributed by atoms with Gasteiger partial charge in [-0.25, -0.2) is 4.79 Å². The van der Waals surface area contributed by atoms with Gasteiger partial charge >= 0.3 is 5.97 Å². The zero-order valence-corrected chi connectivity index (χ0v) is 15.4. The molecule has 2 atom stereocenters. The number of hydrogen-bond donors (Lipinski definition) is 1. The van der Waals surface area contributed by atoms with Crippen molar-refractivity contribution in [3.63, 3.8) is 0 Å². The van der Waals surface area contributed by atoms with Crippen molar-refractivity contribution in [1.29, 1.82) is 0 Å². The number of carbonyl (C=O) groups excluding carboxylic acids is 1. The zero-order valence-electron chi connectivity index (χ0n) is 13.7. The van der Waals surface area contributed by atoms with Crippen molar-refractivity contribution >= 4 is 46.3 Å². The van der Waals surface area contributed by atoms with E-state index >= 15 is 0 Å². The van der Waals surface area contributed by atoms with E-state index in [4.69, 9.17) is 21.7 Å². The highest BCUT2D eigenvalue weighted by atomic mass is 32.2. The van der Waals surface area contributed by atoms with E-state index in [0.717, 1.165) is 17.3 Å². The Morgan fingerprint density at radius 2 is 2.16 bits per heavy atom. The third-order valence-corrected chi connectivity index (χ3v) is 5.56. The minimum absolute atomic E-state index is 0.177. The van der Waals surface area contributed by atoms with Crippen LogP contribution in [0.1, 0.15) is 25.8 Å². The second-order valence-electron chi connectivity index (χ2n) is 5.83. The first kappa shape index (κ1) is 17.8. The zero-order chi connectivity index (χ0) is 18.1. The van der Waals surface area contributed by atoms with Gasteiger partial charge < -0.3 is 14.6 Å². The van der Waals surface area contributed by atoms with Crippen LogP contribution in [-0.4, -0.2) is 39.0 Å². The van der Waals surface area contributed by atoms with Crippen LogP contribution >= 0.6 is 24.0 Å². The van der Waals surface area contributed by atoms with Gasteiger partial charge in [0.2, 0.25) is 6.79 Å². The lowest BCUT2D eigenvalue weighted by molar-refractivity contribution is -0.147. The minimum atomic E-state index is -1.05. The molecule has 2 aliphatic heterocycles. The summed E-state index contributed by atoms with van der Waals surface area (Å²) < 4.78 is 10.9. The molecule has 132 valence electrons. The summed E-state index contributed by atoms with van der Waals surface area (Å²) in [6.07, 6.45) is 2.33. The molecule has 1 saturated heterocycles. The predicted molar refractivity (Wildman–Crippen MR) is 98.5 cm³/mol. The maximum Gasteiger partial charge on any atom is 0.327 e. The van der Waals surface area contributed by atoms with Crippen LogP contribution in [0.4, 0.5) is 0 Å². The van der Waals surface area contributed by atoms with Crippen LogP contribution in [-0.2, 0) is 9.59 Å². The summed E-state index contributed by atoms with van der Waals surface area (Å²) in [5.74, 6) is -0.347. The van der Waals surface area contributed by atoms with Crippen LogP contribution in [0.15, 0.2) is 23.1 Å². The first-order valence-corrected chi connectivity index (χ1v) is 9.04. The van der Waals surface area contributed by atoms with Crippen LogP contribution in [0.2, 0.25) is 0 Å². The number of rotatable bonds is 5. The van der Waals surface area contributed by atoms with Crippen LogP contribution in [0.3, 0.4) is 0 Å². The maximum absolute atomic E-state index is 12.8. The molecule has 0 saturated carbocycles. The Balaban J connectivity index is 1.89. The first-order chi connectivity index (χ1) is 11.9. The van der Waals surface area contributed by atoms with Gasteiger partial charge in [-0.3, -0.25) is 9.69 Å². The van der Waals surface area contributed by atoms with Crippen LogP contribution in [0.5, 0.6) is 11.5 Å². The van der Waals surface area contributed by atoms with Crippen molar-refractivity contribution in [2.45, 2.75) is 26.3 Å². The van der Waals surface area contributed by atoms with Gasteiger partial charge in [0.1, 0.15) is 10.4 Å². The van der Waals surface area contributed by atoms with Crippen LogP contribution < -0.4 is 9.47 Å². The number of carbonyl (C=O) groups is 2. The van der Waals surface area contributed by atoms with E-state index in [1.165, 1.54) is 4.90 Å². The third-order valence-electron chi connectivity index (χ3n) is 4.23. The van der Waals surface area contributed by atoms with Crippen LogP contribution in [0.25, 0.3) is 6.08 Å². The fourth-order valence-electron chi connectivity index (χ4n) is 2.71. The predicted octanol–water partition coefficient (Wildman–Crippen LogP) is 3.12. The fraction of sp³-hybridized carbons (Fsp3) is 0.353. The highest BCUT2D eigenvalue weighted by molar-refractivity contribution is 8.26. The summed E-state index contributed by atoms with van der Waals surface area (Å²) >= 11 is 6.39. The molecule has 3 rings (SSSR count). The number of ether oxygens (including phenoxy) is 2. The summed E-state index contributed by atoms with van der Waals surface area (Å²) in [5.41, 5.74) is 0.764. The van der Waals surface area contributed by atoms with Gasteiger partial charge in [-0.05, 0) is 29.7 Å². The van der Waals surface area contributed by atoms with Crippen LogP contribution in [0, 0.1) is 5.92 Å². The molecule has 0 aromatic heterocycles. The number of aliphatic carboxylic acids is 1. The molecule has 25 heavy (non-hydrogen) atoms. The molecule has 0 aliphatic carbocycles. The lowest BCUT2D eigenvalue weighted by atomic mass is 9.98. The molecule has 6 nitrogen and oxygen atoms in total. The van der Waals surface area contributed by atoms with Crippen molar-refractivity contribution in [3.05, 3.63) is 28.7 Å². The summed E-state index contributed by atoms with van der Waals surface area (Å²) in [7, 11) is 0. The Bertz CT molecular complexity index is 776. The van der Waals surface area contributed by atoms with E-state index in [9.17, 15) is 14.7 Å². The van der Waals surface area contributed by atoms with Gasteiger partial charge in [0.25, 0.3) is 5.91 Å². The molecule has 8 heteroatoms. The molecule has 1 N–H and O–H groups in total. The third kappa shape index (κ3) is 3.36. The van der Waals surface area contributed by atoms with E-state index in [1.807, 2.05) is 13.0 Å². The number of benzene rings is 1. The van der Waals surface area contributed by atoms with Crippen molar-refractivity contribution < 1.29 is 24.2 Å². The summed E-state index contributed by atoms with van der Waals surface area (Å²) in [6, 6.07) is 4.40. The molecule has 1 aromatic carbocycles. The Kier molecular flexibility index (Phi) is 5.01. The monoisotopic (exact) mass is 379 g/mol. The fourth-order valence-corrected chi connectivity index (χ4v) is 4.03. The highest BCUT2D eigenvalue weighted by Gasteiger charge is 2.42. The molecule has 0 radical (unpaired) electrons. The average molecular weight is 379 g/mol. The van der Waals surface area contributed by atoms with E-state index < -0.39 is 12.0 Å². The second kappa shape index (κ2) is 7.05. The molecule has 1 aromatic rings. The van der Waals surface area contributed by atoms with E-state index in [2.05, 4.69) is 0 Å². The lowest BCUT2D eigenvalue weighted by Crippen LogP contribution is -2.47. The normalized spacial score (nSPS) is 20.2. The summed E-state index contributed by atoms with van der Waals surface area (Å²) in [6.45, 7) is 3.87. The van der Waals surface area contributed by atoms with Gasteiger partial charge in [-0.2, -0.15) is 0 Å². The number of nitrogens with zero attached hydrogens (tertiary/aromatic N) is 1. The van der Waals surface area contributed by atoms with Gasteiger partial charge in [0.05, 0.1) is 4.91 Å². The molecule has 0 bridgehead atoms. The Hall–Kier alpha value is -2.06. The molecule has 1 fully saturated rings. The van der Waals surface area contributed by atoms with Gasteiger partial charge in [0, 0.05) is 0 Å². The van der Waals surface area contributed by atoms with E-state index in [1.54, 1.807) is 25.1 Å².